The van der Waals surface area contributed by atoms with Crippen molar-refractivity contribution in [2.75, 3.05) is 33.8 Å². The van der Waals surface area contributed by atoms with Gasteiger partial charge >= 0.3 is 0 Å². The van der Waals surface area contributed by atoms with E-state index in [1.54, 1.807) is 0 Å². The van der Waals surface area contributed by atoms with Gasteiger partial charge in [-0.1, -0.05) is 6.07 Å². The van der Waals surface area contributed by atoms with Crippen LogP contribution < -0.4 is 18.9 Å². The predicted molar refractivity (Wildman–Crippen MR) is 97.9 cm³/mol. The molecule has 1 N–H and O–H groups in total. The SMILES string of the molecule is CN1CCc2cc3c(cc2[C@H]2O[C@H](CO)c4c(ccc5c4OCO5)[C@H]21)OCO3. The van der Waals surface area contributed by atoms with Crippen LogP contribution in [0.3, 0.4) is 0 Å². The Morgan fingerprint density at radius 2 is 1.79 bits per heavy atom. The highest BCUT2D eigenvalue weighted by Crippen LogP contribution is 2.55. The molecule has 0 amide bonds. The van der Waals surface area contributed by atoms with Crippen molar-refractivity contribution in [2.24, 2.45) is 0 Å². The van der Waals surface area contributed by atoms with Crippen molar-refractivity contribution < 1.29 is 28.8 Å². The van der Waals surface area contributed by atoms with Gasteiger partial charge in [0, 0.05) is 12.1 Å². The van der Waals surface area contributed by atoms with Gasteiger partial charge in [0.1, 0.15) is 12.2 Å². The van der Waals surface area contributed by atoms with Gasteiger partial charge in [0.2, 0.25) is 13.6 Å². The third kappa shape index (κ3) is 2.21. The van der Waals surface area contributed by atoms with E-state index in [0.717, 1.165) is 41.2 Å². The lowest BCUT2D eigenvalue weighted by molar-refractivity contribution is -0.0926. The van der Waals surface area contributed by atoms with Crippen molar-refractivity contribution in [3.8, 4) is 23.0 Å². The van der Waals surface area contributed by atoms with Gasteiger partial charge in [-0.3, -0.25) is 4.90 Å². The van der Waals surface area contributed by atoms with Gasteiger partial charge in [0.05, 0.1) is 12.6 Å². The minimum absolute atomic E-state index is 0.00826. The zero-order valence-electron chi connectivity index (χ0n) is 15.5. The number of aliphatic hydroxyl groups is 1. The van der Waals surface area contributed by atoms with Gasteiger partial charge in [0.15, 0.2) is 23.0 Å². The lowest BCUT2D eigenvalue weighted by Crippen LogP contribution is -2.36. The van der Waals surface area contributed by atoms with E-state index in [9.17, 15) is 5.11 Å². The van der Waals surface area contributed by atoms with Gasteiger partial charge in [0.25, 0.3) is 0 Å². The smallest absolute Gasteiger partial charge is 0.231 e. The summed E-state index contributed by atoms with van der Waals surface area (Å²) in [4.78, 5) is 2.31. The zero-order chi connectivity index (χ0) is 18.8. The molecule has 4 aliphatic heterocycles. The monoisotopic (exact) mass is 383 g/mol. The van der Waals surface area contributed by atoms with E-state index >= 15 is 0 Å². The first-order valence-electron chi connectivity index (χ1n) is 9.56. The third-order valence-electron chi connectivity index (χ3n) is 6.17. The average Bonchev–Trinajstić information content (AvgIpc) is 3.35. The number of nitrogens with zero attached hydrogens (tertiary/aromatic N) is 1. The second-order valence-corrected chi connectivity index (χ2v) is 7.61. The summed E-state index contributed by atoms with van der Waals surface area (Å²) < 4.78 is 29.0. The molecule has 28 heavy (non-hydrogen) atoms. The van der Waals surface area contributed by atoms with E-state index in [4.69, 9.17) is 23.7 Å². The lowest BCUT2D eigenvalue weighted by atomic mass is 9.85. The number of fused-ring (bicyclic) bond motifs is 8. The maximum atomic E-state index is 10.1. The molecular weight excluding hydrogens is 362 g/mol. The molecule has 2 aromatic rings. The highest BCUT2D eigenvalue weighted by atomic mass is 16.7. The highest BCUT2D eigenvalue weighted by molar-refractivity contribution is 5.57. The van der Waals surface area contributed by atoms with Crippen LogP contribution >= 0.6 is 0 Å². The molecule has 7 heteroatoms. The topological polar surface area (TPSA) is 69.6 Å². The fourth-order valence-corrected chi connectivity index (χ4v) is 4.85. The van der Waals surface area contributed by atoms with Crippen LogP contribution in [-0.2, 0) is 11.2 Å². The Balaban J connectivity index is 1.54. The van der Waals surface area contributed by atoms with E-state index < -0.39 is 6.10 Å². The largest absolute Gasteiger partial charge is 0.454 e. The van der Waals surface area contributed by atoms with Crippen molar-refractivity contribution in [2.45, 2.75) is 24.7 Å². The molecule has 0 bridgehead atoms. The summed E-state index contributed by atoms with van der Waals surface area (Å²) >= 11 is 0. The predicted octanol–water partition coefficient (Wildman–Crippen LogP) is 2.48. The minimum atomic E-state index is -0.474. The van der Waals surface area contributed by atoms with Gasteiger partial charge in [-0.05, 0) is 48.4 Å². The molecule has 0 saturated carbocycles. The van der Waals surface area contributed by atoms with E-state index in [-0.39, 0.29) is 32.3 Å². The van der Waals surface area contributed by atoms with E-state index in [0.29, 0.717) is 11.5 Å². The van der Waals surface area contributed by atoms with Crippen LogP contribution in [0.15, 0.2) is 24.3 Å². The molecule has 7 nitrogen and oxygen atoms in total. The first-order valence-corrected chi connectivity index (χ1v) is 9.56. The van der Waals surface area contributed by atoms with Gasteiger partial charge in [-0.15, -0.1) is 0 Å². The quantitative estimate of drug-likeness (QED) is 0.811. The molecule has 3 atom stereocenters. The van der Waals surface area contributed by atoms with Crippen LogP contribution in [0, 0.1) is 0 Å². The maximum absolute atomic E-state index is 10.1. The van der Waals surface area contributed by atoms with E-state index in [1.165, 1.54) is 5.56 Å². The van der Waals surface area contributed by atoms with Crippen LogP contribution in [0.1, 0.15) is 40.5 Å². The standard InChI is InChI=1S/C21H21NO6/c1-22-5-4-11-6-15-16(26-9-25-15)7-13(11)20-19(22)12-2-3-14-21(27-10-24-14)18(12)17(8-23)28-20/h2-3,6-7,17,19-20,23H,4-5,8-10H2,1H3/t17-,19-,20-/m1/s1. The number of hydrogen-bond acceptors (Lipinski definition) is 7. The number of likely N-dealkylation sites (N-methyl/N-ethyl adjacent to an activating group) is 1. The maximum Gasteiger partial charge on any atom is 0.231 e. The zero-order valence-corrected chi connectivity index (χ0v) is 15.5. The van der Waals surface area contributed by atoms with Crippen LogP contribution in [-0.4, -0.2) is 43.8 Å². The van der Waals surface area contributed by atoms with Gasteiger partial charge < -0.3 is 28.8 Å². The van der Waals surface area contributed by atoms with Crippen molar-refractivity contribution in [3.05, 3.63) is 46.5 Å². The summed E-state index contributed by atoms with van der Waals surface area (Å²) in [5.74, 6) is 2.94. The first-order chi connectivity index (χ1) is 13.7. The van der Waals surface area contributed by atoms with Crippen LogP contribution in [0.25, 0.3) is 0 Å². The molecule has 0 spiro atoms. The third-order valence-corrected chi connectivity index (χ3v) is 6.17. The summed E-state index contributed by atoms with van der Waals surface area (Å²) in [6.45, 7) is 1.20. The molecule has 0 fully saturated rings. The van der Waals surface area contributed by atoms with Crippen LogP contribution in [0.5, 0.6) is 23.0 Å². The van der Waals surface area contributed by atoms with Crippen molar-refractivity contribution in [1.29, 1.82) is 0 Å². The number of benzene rings is 2. The Kier molecular flexibility index (Phi) is 3.53. The summed E-state index contributed by atoms with van der Waals surface area (Å²) in [5.41, 5.74) is 4.31. The molecule has 2 aromatic carbocycles. The van der Waals surface area contributed by atoms with Gasteiger partial charge in [-0.2, -0.15) is 0 Å². The Morgan fingerprint density at radius 1 is 1.00 bits per heavy atom. The number of hydrogen-bond donors (Lipinski definition) is 1. The summed E-state index contributed by atoms with van der Waals surface area (Å²) in [7, 11) is 2.11. The molecule has 0 aromatic heterocycles. The van der Waals surface area contributed by atoms with Crippen molar-refractivity contribution >= 4 is 0 Å². The molecule has 0 saturated heterocycles. The molecule has 6 rings (SSSR count). The molecule has 4 heterocycles. The first kappa shape index (κ1) is 16.5. The van der Waals surface area contributed by atoms with E-state index in [2.05, 4.69) is 24.1 Å². The molecule has 4 aliphatic rings. The normalized spacial score (nSPS) is 27.0. The Hall–Kier alpha value is -2.48. The number of aliphatic hydroxyl groups excluding tert-OH is 1. The lowest BCUT2D eigenvalue weighted by Gasteiger charge is -2.41. The molecule has 0 radical (unpaired) electrons. The fourth-order valence-electron chi connectivity index (χ4n) is 4.85. The molecule has 0 aliphatic carbocycles. The summed E-state index contributed by atoms with van der Waals surface area (Å²) in [6.07, 6.45) is 0.197. The second kappa shape index (κ2) is 6.01. The summed E-state index contributed by atoms with van der Waals surface area (Å²) in [5, 5.41) is 10.1. The average molecular weight is 383 g/mol. The molecule has 0 unspecified atom stereocenters. The molecule has 146 valence electrons. The fraction of sp³-hybridized carbons (Fsp3) is 0.429. The second-order valence-electron chi connectivity index (χ2n) is 7.61. The number of rotatable bonds is 1. The van der Waals surface area contributed by atoms with Gasteiger partial charge in [-0.25, -0.2) is 0 Å². The van der Waals surface area contributed by atoms with Crippen molar-refractivity contribution in [3.63, 3.8) is 0 Å². The van der Waals surface area contributed by atoms with Crippen molar-refractivity contribution in [1.82, 2.24) is 4.90 Å². The molecular formula is C21H21NO6. The Bertz CT molecular complexity index is 960. The Labute approximate surface area is 162 Å². The number of ether oxygens (including phenoxy) is 5. The van der Waals surface area contributed by atoms with Crippen LogP contribution in [0.2, 0.25) is 0 Å². The highest BCUT2D eigenvalue weighted by Gasteiger charge is 2.44. The Morgan fingerprint density at radius 3 is 2.64 bits per heavy atom. The summed E-state index contributed by atoms with van der Waals surface area (Å²) in [6, 6.07) is 8.16. The van der Waals surface area contributed by atoms with Crippen LogP contribution in [0.4, 0.5) is 0 Å². The minimum Gasteiger partial charge on any atom is -0.454 e. The van der Waals surface area contributed by atoms with E-state index in [1.807, 2.05) is 12.1 Å².